The second-order valence-corrected chi connectivity index (χ2v) is 7.69. The van der Waals surface area contributed by atoms with Gasteiger partial charge in [-0.2, -0.15) is 5.10 Å². The van der Waals surface area contributed by atoms with Gasteiger partial charge in [0.25, 0.3) is 5.91 Å². The molecule has 1 unspecified atom stereocenters. The number of rotatable bonds is 6. The van der Waals surface area contributed by atoms with Gasteiger partial charge in [-0.15, -0.1) is 6.42 Å². The quantitative estimate of drug-likeness (QED) is 0.607. The van der Waals surface area contributed by atoms with Gasteiger partial charge in [0.15, 0.2) is 0 Å². The largest absolute Gasteiger partial charge is 0.345 e. The maximum Gasteiger partial charge on any atom is 0.271 e. The minimum absolute atomic E-state index is 0.133. The lowest BCUT2D eigenvalue weighted by atomic mass is 9.78. The smallest absolute Gasteiger partial charge is 0.271 e. The number of carbonyl (C=O) groups excluding carboxylic acids is 2. The summed E-state index contributed by atoms with van der Waals surface area (Å²) >= 11 is 0. The molecule has 4 rings (SSSR count). The molecule has 156 valence electrons. The molecule has 2 aromatic heterocycles. The Morgan fingerprint density at radius 1 is 1.19 bits per heavy atom. The molecule has 2 amide bonds. The monoisotopic (exact) mass is 413 g/mol. The van der Waals surface area contributed by atoms with Crippen LogP contribution >= 0.6 is 0 Å². The average molecular weight is 413 g/mol. The first-order chi connectivity index (χ1) is 15.1. The van der Waals surface area contributed by atoms with Crippen molar-refractivity contribution in [1.82, 2.24) is 25.4 Å². The van der Waals surface area contributed by atoms with Gasteiger partial charge in [0.05, 0.1) is 12.0 Å². The highest BCUT2D eigenvalue weighted by Gasteiger charge is 2.46. The fourth-order valence-corrected chi connectivity index (χ4v) is 4.16. The molecule has 7 heteroatoms. The summed E-state index contributed by atoms with van der Waals surface area (Å²) in [5, 5.41) is 9.41. The van der Waals surface area contributed by atoms with E-state index in [1.807, 2.05) is 42.6 Å². The Balaban J connectivity index is 1.66. The molecule has 0 bridgehead atoms. The topological polar surface area (TPSA) is 91.0 Å². The Morgan fingerprint density at radius 3 is 2.81 bits per heavy atom. The van der Waals surface area contributed by atoms with Crippen LogP contribution < -0.4 is 5.32 Å². The summed E-state index contributed by atoms with van der Waals surface area (Å²) in [5.74, 6) is 2.17. The maximum absolute atomic E-state index is 13.3. The van der Waals surface area contributed by atoms with Crippen LogP contribution in [0.1, 0.15) is 22.5 Å². The molecule has 0 radical (unpaired) electrons. The van der Waals surface area contributed by atoms with E-state index in [1.165, 1.54) is 0 Å². The van der Waals surface area contributed by atoms with Crippen LogP contribution in [0.2, 0.25) is 0 Å². The number of amides is 2. The molecule has 2 N–H and O–H groups in total. The fraction of sp³-hybridized carbons (Fsp3) is 0.250. The standard InChI is InChI=1S/C24H23N5O2/c1-2-11-26-23(31)24(10-14-29(17-24)22(30)21-9-13-27-28-21)15-18-6-3-4-8-20(18)19-7-5-12-25-16-19/h1,3-9,12-13,16H,10-11,14-15,17H2,(H,26,31)(H,27,28). The number of aromatic amines is 1. The highest BCUT2D eigenvalue weighted by atomic mass is 16.2. The molecule has 3 heterocycles. The van der Waals surface area contributed by atoms with E-state index in [1.54, 1.807) is 23.4 Å². The number of aromatic nitrogens is 3. The molecule has 1 aliphatic rings. The molecule has 1 aliphatic heterocycles. The number of pyridine rings is 1. The normalized spacial score (nSPS) is 17.8. The molecule has 1 saturated heterocycles. The van der Waals surface area contributed by atoms with Crippen molar-refractivity contribution < 1.29 is 9.59 Å². The summed E-state index contributed by atoms with van der Waals surface area (Å²) in [6.07, 6.45) is 11.5. The minimum atomic E-state index is -0.773. The van der Waals surface area contributed by atoms with Gasteiger partial charge in [-0.25, -0.2) is 0 Å². The second-order valence-electron chi connectivity index (χ2n) is 7.69. The van der Waals surface area contributed by atoms with Crippen molar-refractivity contribution in [3.63, 3.8) is 0 Å². The van der Waals surface area contributed by atoms with Crippen molar-refractivity contribution in [3.8, 4) is 23.5 Å². The van der Waals surface area contributed by atoms with Crippen LogP contribution in [0.3, 0.4) is 0 Å². The van der Waals surface area contributed by atoms with E-state index in [0.717, 1.165) is 16.7 Å². The summed E-state index contributed by atoms with van der Waals surface area (Å²) in [6, 6.07) is 13.5. The first-order valence-corrected chi connectivity index (χ1v) is 10.1. The van der Waals surface area contributed by atoms with Gasteiger partial charge < -0.3 is 10.2 Å². The van der Waals surface area contributed by atoms with E-state index in [9.17, 15) is 9.59 Å². The van der Waals surface area contributed by atoms with Crippen LogP contribution in [0.5, 0.6) is 0 Å². The lowest BCUT2D eigenvalue weighted by Gasteiger charge is -2.29. The number of terminal acetylenes is 1. The SMILES string of the molecule is C#CCNC(=O)C1(Cc2ccccc2-c2cccnc2)CCN(C(=O)c2ccn[nH]2)C1. The van der Waals surface area contributed by atoms with Gasteiger partial charge in [0.2, 0.25) is 5.91 Å². The van der Waals surface area contributed by atoms with Crippen molar-refractivity contribution in [2.75, 3.05) is 19.6 Å². The summed E-state index contributed by atoms with van der Waals surface area (Å²) in [7, 11) is 0. The van der Waals surface area contributed by atoms with Crippen molar-refractivity contribution in [1.29, 1.82) is 0 Å². The number of nitrogens with zero attached hydrogens (tertiary/aromatic N) is 3. The van der Waals surface area contributed by atoms with Crippen LogP contribution in [0.25, 0.3) is 11.1 Å². The van der Waals surface area contributed by atoms with Crippen molar-refractivity contribution >= 4 is 11.8 Å². The first kappa shape index (κ1) is 20.4. The van der Waals surface area contributed by atoms with Crippen molar-refractivity contribution in [2.45, 2.75) is 12.8 Å². The molecular formula is C24H23N5O2. The molecular weight excluding hydrogens is 390 g/mol. The van der Waals surface area contributed by atoms with Crippen LogP contribution in [0.4, 0.5) is 0 Å². The first-order valence-electron chi connectivity index (χ1n) is 10.1. The lowest BCUT2D eigenvalue weighted by Crippen LogP contribution is -2.45. The molecule has 7 nitrogen and oxygen atoms in total. The predicted molar refractivity (Wildman–Crippen MR) is 117 cm³/mol. The minimum Gasteiger partial charge on any atom is -0.345 e. The van der Waals surface area contributed by atoms with Gasteiger partial charge in [-0.1, -0.05) is 36.3 Å². The van der Waals surface area contributed by atoms with Gasteiger partial charge in [-0.3, -0.25) is 19.7 Å². The number of H-pyrrole nitrogens is 1. The van der Waals surface area contributed by atoms with Crippen LogP contribution in [0, 0.1) is 17.8 Å². The number of benzene rings is 1. The zero-order chi connectivity index (χ0) is 21.7. The second kappa shape index (κ2) is 8.84. The third kappa shape index (κ3) is 4.19. The highest BCUT2D eigenvalue weighted by molar-refractivity contribution is 5.94. The number of hydrogen-bond donors (Lipinski definition) is 2. The predicted octanol–water partition coefficient (Wildman–Crippen LogP) is 2.30. The van der Waals surface area contributed by atoms with Gasteiger partial charge in [0.1, 0.15) is 5.69 Å². The molecule has 1 aromatic carbocycles. The van der Waals surface area contributed by atoms with E-state index in [-0.39, 0.29) is 18.4 Å². The molecule has 0 saturated carbocycles. The average Bonchev–Trinajstić information content (AvgIpc) is 3.49. The summed E-state index contributed by atoms with van der Waals surface area (Å²) in [5.41, 5.74) is 2.68. The number of likely N-dealkylation sites (tertiary alicyclic amines) is 1. The van der Waals surface area contributed by atoms with Crippen LogP contribution in [0.15, 0.2) is 61.1 Å². The Kier molecular flexibility index (Phi) is 5.80. The number of hydrogen-bond acceptors (Lipinski definition) is 4. The Labute approximate surface area is 180 Å². The van der Waals surface area contributed by atoms with Crippen molar-refractivity contribution in [2.24, 2.45) is 5.41 Å². The fourth-order valence-electron chi connectivity index (χ4n) is 4.16. The third-order valence-electron chi connectivity index (χ3n) is 5.72. The van der Waals surface area contributed by atoms with E-state index < -0.39 is 5.41 Å². The molecule has 1 atom stereocenters. The summed E-state index contributed by atoms with van der Waals surface area (Å²) in [4.78, 5) is 32.0. The van der Waals surface area contributed by atoms with Gasteiger partial charge in [-0.05, 0) is 36.1 Å². The molecule has 31 heavy (non-hydrogen) atoms. The van der Waals surface area contributed by atoms with E-state index >= 15 is 0 Å². The van der Waals surface area contributed by atoms with Crippen molar-refractivity contribution in [3.05, 3.63) is 72.3 Å². The maximum atomic E-state index is 13.3. The Hall–Kier alpha value is -3.92. The van der Waals surface area contributed by atoms with Crippen LogP contribution in [-0.2, 0) is 11.2 Å². The van der Waals surface area contributed by atoms with E-state index in [4.69, 9.17) is 6.42 Å². The zero-order valence-corrected chi connectivity index (χ0v) is 17.0. The van der Waals surface area contributed by atoms with E-state index in [0.29, 0.717) is 31.6 Å². The number of nitrogens with one attached hydrogen (secondary N) is 2. The highest BCUT2D eigenvalue weighted by Crippen LogP contribution is 2.38. The molecule has 3 aromatic rings. The Bertz CT molecular complexity index is 1100. The molecule has 0 aliphatic carbocycles. The summed E-state index contributed by atoms with van der Waals surface area (Å²) in [6.45, 7) is 0.943. The van der Waals surface area contributed by atoms with Crippen LogP contribution in [-0.4, -0.2) is 51.5 Å². The summed E-state index contributed by atoms with van der Waals surface area (Å²) < 4.78 is 0. The number of carbonyl (C=O) groups is 2. The third-order valence-corrected chi connectivity index (χ3v) is 5.72. The lowest BCUT2D eigenvalue weighted by molar-refractivity contribution is -0.130. The Morgan fingerprint density at radius 2 is 2.06 bits per heavy atom. The van der Waals surface area contributed by atoms with Gasteiger partial charge in [0, 0.05) is 37.2 Å². The van der Waals surface area contributed by atoms with E-state index in [2.05, 4.69) is 26.4 Å². The molecule has 1 fully saturated rings. The zero-order valence-electron chi connectivity index (χ0n) is 17.0. The van der Waals surface area contributed by atoms with Gasteiger partial charge >= 0.3 is 0 Å². The molecule has 0 spiro atoms.